The molecule has 0 bridgehead atoms. The van der Waals surface area contributed by atoms with Gasteiger partial charge in [0.25, 0.3) is 0 Å². The van der Waals surface area contributed by atoms with Gasteiger partial charge in [-0.25, -0.2) is 14.8 Å². The highest BCUT2D eigenvalue weighted by Gasteiger charge is 2.10. The van der Waals surface area contributed by atoms with E-state index in [2.05, 4.69) is 32.0 Å². The summed E-state index contributed by atoms with van der Waals surface area (Å²) in [6, 6.07) is 13.8. The van der Waals surface area contributed by atoms with Crippen LogP contribution in [0.5, 0.6) is 11.5 Å². The summed E-state index contributed by atoms with van der Waals surface area (Å²) in [6.45, 7) is 0.359. The molecule has 1 heterocycles. The number of rotatable bonds is 9. The summed E-state index contributed by atoms with van der Waals surface area (Å²) in [7, 11) is 3.04. The van der Waals surface area contributed by atoms with Gasteiger partial charge >= 0.3 is 6.03 Å². The topological polar surface area (TPSA) is 141 Å². The van der Waals surface area contributed by atoms with Crippen molar-refractivity contribution in [1.29, 1.82) is 5.26 Å². The number of aliphatic hydroxyl groups is 1. The van der Waals surface area contributed by atoms with E-state index in [-0.39, 0.29) is 6.61 Å². The van der Waals surface area contributed by atoms with E-state index in [1.807, 2.05) is 6.07 Å². The summed E-state index contributed by atoms with van der Waals surface area (Å²) in [5.74, 6) is 1.34. The van der Waals surface area contributed by atoms with Gasteiger partial charge in [0.05, 0.1) is 25.5 Å². The van der Waals surface area contributed by atoms with Crippen molar-refractivity contribution in [2.24, 2.45) is 0 Å². The number of nitrogens with zero attached hydrogens (tertiary/aromatic N) is 3. The third-order valence-electron chi connectivity index (χ3n) is 4.55. The van der Waals surface area contributed by atoms with Crippen LogP contribution in [-0.2, 0) is 0 Å². The molecule has 0 aliphatic rings. The third-order valence-corrected chi connectivity index (χ3v) is 4.55. The second-order valence-corrected chi connectivity index (χ2v) is 6.83. The fraction of sp³-hybridized carbons (Fsp3) is 0.217. The van der Waals surface area contributed by atoms with Crippen LogP contribution in [0.1, 0.15) is 12.0 Å². The van der Waals surface area contributed by atoms with E-state index in [1.54, 1.807) is 42.6 Å². The van der Waals surface area contributed by atoms with Crippen LogP contribution < -0.4 is 25.4 Å². The summed E-state index contributed by atoms with van der Waals surface area (Å²) < 4.78 is 10.5. The van der Waals surface area contributed by atoms with Crippen molar-refractivity contribution in [3.63, 3.8) is 0 Å². The zero-order valence-corrected chi connectivity index (χ0v) is 18.3. The molecule has 4 N–H and O–H groups in total. The van der Waals surface area contributed by atoms with Gasteiger partial charge in [-0.05, 0) is 36.8 Å². The molecule has 33 heavy (non-hydrogen) atoms. The van der Waals surface area contributed by atoms with Crippen LogP contribution in [0.4, 0.5) is 22.1 Å². The first kappa shape index (κ1) is 23.3. The fourth-order valence-corrected chi connectivity index (χ4v) is 2.98. The van der Waals surface area contributed by atoms with Crippen molar-refractivity contribution in [1.82, 2.24) is 15.3 Å². The second-order valence-electron chi connectivity index (χ2n) is 6.83. The number of hydrogen-bond acceptors (Lipinski definition) is 8. The first-order valence-corrected chi connectivity index (χ1v) is 10.1. The normalized spacial score (nSPS) is 10.1. The number of aliphatic hydroxyl groups excluding tert-OH is 1. The van der Waals surface area contributed by atoms with E-state index < -0.39 is 6.03 Å². The average Bonchev–Trinajstić information content (AvgIpc) is 2.83. The molecular formula is C23H24N6O4. The predicted octanol–water partition coefficient (Wildman–Crippen LogP) is 3.28. The van der Waals surface area contributed by atoms with Crippen LogP contribution in [0, 0.1) is 11.3 Å². The number of nitriles is 1. The summed E-state index contributed by atoms with van der Waals surface area (Å²) in [4.78, 5) is 20.8. The Labute approximate surface area is 191 Å². The fourth-order valence-electron chi connectivity index (χ4n) is 2.98. The number of amides is 2. The highest BCUT2D eigenvalue weighted by molar-refractivity contribution is 5.90. The van der Waals surface area contributed by atoms with Crippen LogP contribution >= 0.6 is 0 Å². The Balaban J connectivity index is 1.81. The van der Waals surface area contributed by atoms with Crippen molar-refractivity contribution >= 4 is 23.4 Å². The lowest BCUT2D eigenvalue weighted by molar-refractivity contribution is 0.249. The van der Waals surface area contributed by atoms with E-state index >= 15 is 0 Å². The van der Waals surface area contributed by atoms with Gasteiger partial charge in [0.15, 0.2) is 0 Å². The molecule has 0 atom stereocenters. The van der Waals surface area contributed by atoms with E-state index in [4.69, 9.17) is 14.6 Å². The zero-order valence-electron chi connectivity index (χ0n) is 18.3. The molecule has 0 aliphatic carbocycles. The molecule has 10 nitrogen and oxygen atoms in total. The van der Waals surface area contributed by atoms with E-state index in [0.29, 0.717) is 53.0 Å². The number of aromatic nitrogens is 2. The minimum atomic E-state index is -0.395. The Morgan fingerprint density at radius 2 is 1.94 bits per heavy atom. The number of benzene rings is 2. The van der Waals surface area contributed by atoms with Crippen LogP contribution in [-0.4, -0.2) is 48.5 Å². The molecular weight excluding hydrogens is 424 g/mol. The van der Waals surface area contributed by atoms with E-state index in [0.717, 1.165) is 5.56 Å². The lowest BCUT2D eigenvalue weighted by Crippen LogP contribution is -2.29. The quantitative estimate of drug-likeness (QED) is 0.366. The summed E-state index contributed by atoms with van der Waals surface area (Å²) >= 11 is 0. The minimum Gasteiger partial charge on any atom is -0.497 e. The largest absolute Gasteiger partial charge is 0.497 e. The molecule has 2 amide bonds. The van der Waals surface area contributed by atoms with Gasteiger partial charge in [0.1, 0.15) is 17.6 Å². The van der Waals surface area contributed by atoms with Crippen molar-refractivity contribution in [2.45, 2.75) is 6.42 Å². The Morgan fingerprint density at radius 1 is 1.12 bits per heavy atom. The van der Waals surface area contributed by atoms with Gasteiger partial charge in [0, 0.05) is 48.4 Å². The Morgan fingerprint density at radius 3 is 2.67 bits per heavy atom. The molecule has 0 aliphatic heterocycles. The number of urea groups is 1. The van der Waals surface area contributed by atoms with Crippen molar-refractivity contribution < 1.29 is 19.4 Å². The Bertz CT molecular complexity index is 1160. The predicted molar refractivity (Wildman–Crippen MR) is 124 cm³/mol. The smallest absolute Gasteiger partial charge is 0.319 e. The molecule has 3 rings (SSSR count). The lowest BCUT2D eigenvalue weighted by Gasteiger charge is -2.12. The highest BCUT2D eigenvalue weighted by Crippen LogP contribution is 2.28. The molecule has 0 fully saturated rings. The monoisotopic (exact) mass is 448 g/mol. The number of anilines is 3. The number of methoxy groups -OCH3 is 2. The number of carbonyl (C=O) groups excluding carboxylic acids is 1. The maximum Gasteiger partial charge on any atom is 0.319 e. The molecule has 2 aromatic carbocycles. The molecule has 3 aromatic rings. The molecule has 0 radical (unpaired) electrons. The van der Waals surface area contributed by atoms with Crippen LogP contribution in [0.3, 0.4) is 0 Å². The maximum atomic E-state index is 12.0. The average molecular weight is 448 g/mol. The second kappa shape index (κ2) is 11.3. The van der Waals surface area contributed by atoms with Crippen LogP contribution in [0.2, 0.25) is 0 Å². The van der Waals surface area contributed by atoms with Gasteiger partial charge in [-0.1, -0.05) is 0 Å². The van der Waals surface area contributed by atoms with Gasteiger partial charge < -0.3 is 30.5 Å². The van der Waals surface area contributed by atoms with Gasteiger partial charge in [-0.3, -0.25) is 0 Å². The Kier molecular flexibility index (Phi) is 7.99. The number of nitrogens with one attached hydrogen (secondary N) is 3. The molecule has 0 saturated heterocycles. The van der Waals surface area contributed by atoms with Crippen LogP contribution in [0.25, 0.3) is 11.3 Å². The van der Waals surface area contributed by atoms with Crippen molar-refractivity contribution in [3.05, 3.63) is 54.2 Å². The lowest BCUT2D eigenvalue weighted by atomic mass is 10.1. The van der Waals surface area contributed by atoms with Crippen LogP contribution in [0.15, 0.2) is 48.7 Å². The number of carbonyl (C=O) groups is 1. The molecule has 0 unspecified atom stereocenters. The summed E-state index contributed by atoms with van der Waals surface area (Å²) in [5.41, 5.74) is 2.87. The molecule has 170 valence electrons. The maximum absolute atomic E-state index is 12.0. The number of hydrogen-bond donors (Lipinski definition) is 4. The highest BCUT2D eigenvalue weighted by atomic mass is 16.5. The summed E-state index contributed by atoms with van der Waals surface area (Å²) in [6.07, 6.45) is 2.07. The van der Waals surface area contributed by atoms with Gasteiger partial charge in [0.2, 0.25) is 5.95 Å². The summed E-state index contributed by atoms with van der Waals surface area (Å²) in [5, 5.41) is 26.7. The molecule has 0 spiro atoms. The van der Waals surface area contributed by atoms with Crippen molar-refractivity contribution in [2.75, 3.05) is 38.0 Å². The minimum absolute atomic E-state index is 0.000915. The molecule has 10 heteroatoms. The number of ether oxygens (including phenoxy) is 2. The SMILES string of the molecule is COc1cc(NC(=O)NCCCO)cc(Nc2nccc(-c3ccc(OC)c(C#N)c3)n2)c1. The zero-order chi connectivity index (χ0) is 23.6. The van der Waals surface area contributed by atoms with E-state index in [1.165, 1.54) is 14.2 Å². The van der Waals surface area contributed by atoms with E-state index in [9.17, 15) is 10.1 Å². The van der Waals surface area contributed by atoms with Crippen molar-refractivity contribution in [3.8, 4) is 28.8 Å². The molecule has 0 saturated carbocycles. The first-order chi connectivity index (χ1) is 16.1. The standard InChI is InChI=1S/C23H24N6O4/c1-32-19-12-17(11-18(13-19)28-23(31)26-7-3-9-30)27-22-25-8-6-20(29-22)15-4-5-21(33-2)16(10-15)14-24/h4-6,8,10-13,30H,3,7,9H2,1-2H3,(H,25,27,29)(H2,26,28,31). The Hall–Kier alpha value is -4.36. The molecule has 1 aromatic heterocycles. The first-order valence-electron chi connectivity index (χ1n) is 10.1. The van der Waals surface area contributed by atoms with Gasteiger partial charge in [-0.2, -0.15) is 5.26 Å². The van der Waals surface area contributed by atoms with Gasteiger partial charge in [-0.15, -0.1) is 0 Å². The third kappa shape index (κ3) is 6.32.